The van der Waals surface area contributed by atoms with E-state index in [9.17, 15) is 9.59 Å². The first-order valence-corrected chi connectivity index (χ1v) is 9.38. The Morgan fingerprint density at radius 3 is 2.50 bits per heavy atom. The van der Waals surface area contributed by atoms with Crippen molar-refractivity contribution in [2.24, 2.45) is 5.92 Å². The minimum Gasteiger partial charge on any atom is -0.497 e. The molecule has 1 aromatic heterocycles. The van der Waals surface area contributed by atoms with Crippen LogP contribution in [-0.4, -0.2) is 55.0 Å². The number of carbonyl (C=O) groups excluding carboxylic acids is 2. The van der Waals surface area contributed by atoms with Crippen molar-refractivity contribution >= 4 is 11.8 Å². The zero-order valence-corrected chi connectivity index (χ0v) is 16.0. The summed E-state index contributed by atoms with van der Waals surface area (Å²) in [6.07, 6.45) is 4.98. The van der Waals surface area contributed by atoms with E-state index in [1.165, 1.54) is 0 Å². The lowest BCUT2D eigenvalue weighted by Gasteiger charge is -2.32. The van der Waals surface area contributed by atoms with E-state index in [1.54, 1.807) is 55.9 Å². The smallest absolute Gasteiger partial charge is 0.257 e. The van der Waals surface area contributed by atoms with E-state index in [2.05, 4.69) is 10.3 Å². The van der Waals surface area contributed by atoms with Crippen LogP contribution in [0.5, 0.6) is 11.5 Å². The number of hydrogen-bond acceptors (Lipinski definition) is 5. The molecule has 0 atom stereocenters. The van der Waals surface area contributed by atoms with E-state index in [4.69, 9.17) is 9.47 Å². The van der Waals surface area contributed by atoms with Crippen LogP contribution in [0.25, 0.3) is 0 Å². The number of amides is 2. The molecule has 1 aromatic carbocycles. The van der Waals surface area contributed by atoms with Gasteiger partial charge in [-0.25, -0.2) is 0 Å². The molecular formula is C21H25N3O4. The summed E-state index contributed by atoms with van der Waals surface area (Å²) >= 11 is 0. The van der Waals surface area contributed by atoms with Crippen LogP contribution in [0.2, 0.25) is 0 Å². The highest BCUT2D eigenvalue weighted by Gasteiger charge is 2.24. The van der Waals surface area contributed by atoms with Crippen LogP contribution in [0.15, 0.2) is 48.8 Å². The molecule has 0 bridgehead atoms. The molecule has 0 aliphatic carbocycles. The first kappa shape index (κ1) is 19.7. The second kappa shape index (κ2) is 9.73. The number of rotatable bonds is 7. The van der Waals surface area contributed by atoms with Gasteiger partial charge in [0, 0.05) is 32.0 Å². The lowest BCUT2D eigenvalue weighted by Crippen LogP contribution is -2.42. The van der Waals surface area contributed by atoms with Gasteiger partial charge < -0.3 is 19.7 Å². The number of piperidine rings is 1. The number of nitrogens with one attached hydrogen (secondary N) is 1. The molecule has 1 aliphatic rings. The number of nitrogens with zero attached hydrogens (tertiary/aromatic N) is 2. The van der Waals surface area contributed by atoms with Gasteiger partial charge in [-0.2, -0.15) is 0 Å². The van der Waals surface area contributed by atoms with Crippen molar-refractivity contribution in [1.82, 2.24) is 15.2 Å². The topological polar surface area (TPSA) is 80.8 Å². The zero-order chi connectivity index (χ0) is 19.8. The number of ether oxygens (including phenoxy) is 2. The zero-order valence-electron chi connectivity index (χ0n) is 16.0. The maximum atomic E-state index is 12.4. The third-order valence-corrected chi connectivity index (χ3v) is 4.83. The van der Waals surface area contributed by atoms with Crippen molar-refractivity contribution in [2.45, 2.75) is 12.8 Å². The Balaban J connectivity index is 1.35. The second-order valence-electron chi connectivity index (χ2n) is 6.75. The van der Waals surface area contributed by atoms with Gasteiger partial charge in [0.15, 0.2) is 6.61 Å². The van der Waals surface area contributed by atoms with Gasteiger partial charge in [-0.3, -0.25) is 14.6 Å². The molecule has 0 unspecified atom stereocenters. The van der Waals surface area contributed by atoms with Crippen LogP contribution in [0, 0.1) is 5.92 Å². The van der Waals surface area contributed by atoms with Crippen LogP contribution in [-0.2, 0) is 4.79 Å². The molecule has 0 saturated carbocycles. The van der Waals surface area contributed by atoms with Crippen LogP contribution in [0.4, 0.5) is 0 Å². The molecular weight excluding hydrogens is 358 g/mol. The average molecular weight is 383 g/mol. The predicted octanol–water partition coefficient (Wildman–Crippen LogP) is 2.14. The third-order valence-electron chi connectivity index (χ3n) is 4.83. The fourth-order valence-corrected chi connectivity index (χ4v) is 3.14. The summed E-state index contributed by atoms with van der Waals surface area (Å²) in [6, 6.07) is 10.7. The largest absolute Gasteiger partial charge is 0.497 e. The van der Waals surface area contributed by atoms with E-state index in [-0.39, 0.29) is 18.4 Å². The molecule has 3 rings (SSSR count). The molecule has 1 saturated heterocycles. The molecule has 2 amide bonds. The fourth-order valence-electron chi connectivity index (χ4n) is 3.14. The number of hydrogen-bond donors (Lipinski definition) is 1. The van der Waals surface area contributed by atoms with Gasteiger partial charge in [-0.05, 0) is 55.2 Å². The number of aromatic nitrogens is 1. The Bertz CT molecular complexity index is 772. The van der Waals surface area contributed by atoms with Gasteiger partial charge in [0.25, 0.3) is 11.8 Å². The SMILES string of the molecule is COc1ccc(OCC(=O)NCC2CCN(C(=O)c3cccnc3)CC2)cc1. The summed E-state index contributed by atoms with van der Waals surface area (Å²) in [7, 11) is 1.60. The molecule has 7 heteroatoms. The summed E-state index contributed by atoms with van der Waals surface area (Å²) in [6.45, 7) is 1.96. The molecule has 0 radical (unpaired) electrons. The van der Waals surface area contributed by atoms with E-state index in [1.807, 2.05) is 4.90 Å². The number of likely N-dealkylation sites (tertiary alicyclic amines) is 1. The van der Waals surface area contributed by atoms with Gasteiger partial charge in [0.05, 0.1) is 12.7 Å². The van der Waals surface area contributed by atoms with Gasteiger partial charge in [-0.1, -0.05) is 0 Å². The summed E-state index contributed by atoms with van der Waals surface area (Å²) in [5.74, 6) is 1.60. The third kappa shape index (κ3) is 5.45. The van der Waals surface area contributed by atoms with Crippen LogP contribution >= 0.6 is 0 Å². The first-order chi connectivity index (χ1) is 13.7. The molecule has 2 heterocycles. The van der Waals surface area contributed by atoms with Gasteiger partial charge in [-0.15, -0.1) is 0 Å². The van der Waals surface area contributed by atoms with Crippen LogP contribution in [0.3, 0.4) is 0 Å². The van der Waals surface area contributed by atoms with Crippen molar-refractivity contribution in [3.8, 4) is 11.5 Å². The van der Waals surface area contributed by atoms with E-state index < -0.39 is 0 Å². The number of benzene rings is 1. The molecule has 7 nitrogen and oxygen atoms in total. The van der Waals surface area contributed by atoms with Gasteiger partial charge >= 0.3 is 0 Å². The molecule has 1 aliphatic heterocycles. The predicted molar refractivity (Wildman–Crippen MR) is 104 cm³/mol. The summed E-state index contributed by atoms with van der Waals surface area (Å²) < 4.78 is 10.6. The summed E-state index contributed by atoms with van der Waals surface area (Å²) in [5.41, 5.74) is 0.616. The lowest BCUT2D eigenvalue weighted by atomic mass is 9.96. The van der Waals surface area contributed by atoms with Crippen molar-refractivity contribution in [3.05, 3.63) is 54.4 Å². The van der Waals surface area contributed by atoms with E-state index in [0.717, 1.165) is 18.6 Å². The Labute approximate surface area is 164 Å². The van der Waals surface area contributed by atoms with Crippen molar-refractivity contribution in [2.75, 3.05) is 33.4 Å². The minimum atomic E-state index is -0.148. The highest BCUT2D eigenvalue weighted by atomic mass is 16.5. The standard InChI is InChI=1S/C21H25N3O4/c1-27-18-4-6-19(7-5-18)28-15-20(25)23-13-16-8-11-24(12-9-16)21(26)17-3-2-10-22-14-17/h2-7,10,14,16H,8-9,11-13,15H2,1H3,(H,23,25). The number of pyridine rings is 1. The highest BCUT2D eigenvalue weighted by molar-refractivity contribution is 5.93. The second-order valence-corrected chi connectivity index (χ2v) is 6.75. The quantitative estimate of drug-likeness (QED) is 0.792. The highest BCUT2D eigenvalue weighted by Crippen LogP contribution is 2.19. The van der Waals surface area contributed by atoms with Crippen LogP contribution in [0.1, 0.15) is 23.2 Å². The van der Waals surface area contributed by atoms with Gasteiger partial charge in [0.1, 0.15) is 11.5 Å². The van der Waals surface area contributed by atoms with Crippen LogP contribution < -0.4 is 14.8 Å². The summed E-state index contributed by atoms with van der Waals surface area (Å²) in [5, 5.41) is 2.92. The summed E-state index contributed by atoms with van der Waals surface area (Å²) in [4.78, 5) is 30.3. The van der Waals surface area contributed by atoms with Crippen molar-refractivity contribution < 1.29 is 19.1 Å². The molecule has 28 heavy (non-hydrogen) atoms. The minimum absolute atomic E-state index is 0.0171. The normalized spacial score (nSPS) is 14.4. The number of methoxy groups -OCH3 is 1. The van der Waals surface area contributed by atoms with Crippen molar-refractivity contribution in [3.63, 3.8) is 0 Å². The Hall–Kier alpha value is -3.09. The Morgan fingerprint density at radius 1 is 1.14 bits per heavy atom. The number of carbonyl (C=O) groups is 2. The average Bonchev–Trinajstić information content (AvgIpc) is 2.77. The maximum Gasteiger partial charge on any atom is 0.257 e. The van der Waals surface area contributed by atoms with E-state index >= 15 is 0 Å². The molecule has 0 spiro atoms. The monoisotopic (exact) mass is 383 g/mol. The fraction of sp³-hybridized carbons (Fsp3) is 0.381. The van der Waals surface area contributed by atoms with Crippen molar-refractivity contribution in [1.29, 1.82) is 0 Å². The molecule has 1 fully saturated rings. The Kier molecular flexibility index (Phi) is 6.84. The molecule has 148 valence electrons. The molecule has 1 N–H and O–H groups in total. The maximum absolute atomic E-state index is 12.4. The van der Waals surface area contributed by atoms with Gasteiger partial charge in [0.2, 0.25) is 0 Å². The first-order valence-electron chi connectivity index (χ1n) is 9.38. The van der Waals surface area contributed by atoms with E-state index in [0.29, 0.717) is 36.9 Å². The Morgan fingerprint density at radius 2 is 1.86 bits per heavy atom. The lowest BCUT2D eigenvalue weighted by molar-refractivity contribution is -0.123. The molecule has 2 aromatic rings.